The first-order valence-electron chi connectivity index (χ1n) is 6.23. The summed E-state index contributed by atoms with van der Waals surface area (Å²) in [5.41, 5.74) is 0.685. The number of carbonyl (C=O) groups is 1. The smallest absolute Gasteiger partial charge is 0.254 e. The number of rotatable bonds is 3. The second kappa shape index (κ2) is 5.60. The van der Waals surface area contributed by atoms with Crippen molar-refractivity contribution in [2.75, 3.05) is 26.2 Å². The zero-order valence-electron chi connectivity index (χ0n) is 11.1. The zero-order valence-corrected chi connectivity index (χ0v) is 12.7. The lowest BCUT2D eigenvalue weighted by Gasteiger charge is -2.34. The predicted octanol–water partition coefficient (Wildman–Crippen LogP) is 1.24. The zero-order chi connectivity index (χ0) is 14.0. The predicted molar refractivity (Wildman–Crippen MR) is 75.9 cm³/mol. The number of hydrogen-bond donors (Lipinski definition) is 0. The average molecular weight is 302 g/mol. The maximum Gasteiger partial charge on any atom is 0.254 e. The van der Waals surface area contributed by atoms with Gasteiger partial charge in [0, 0.05) is 31.6 Å². The molecule has 1 amide bonds. The van der Waals surface area contributed by atoms with E-state index in [9.17, 15) is 13.2 Å². The molecule has 19 heavy (non-hydrogen) atoms. The van der Waals surface area contributed by atoms with Crippen LogP contribution in [-0.4, -0.2) is 55.0 Å². The maximum atomic E-state index is 12.1. The Labute approximate surface area is 117 Å². The summed E-state index contributed by atoms with van der Waals surface area (Å²) >= 11 is 1.49. The fraction of sp³-hybridized carbons (Fsp3) is 0.583. The van der Waals surface area contributed by atoms with Crippen molar-refractivity contribution in [3.05, 3.63) is 22.4 Å². The summed E-state index contributed by atoms with van der Waals surface area (Å²) in [5.74, 6) is -0.0113. The van der Waals surface area contributed by atoms with Crippen LogP contribution in [0.4, 0.5) is 0 Å². The van der Waals surface area contributed by atoms with Crippen molar-refractivity contribution in [1.29, 1.82) is 0 Å². The standard InChI is InChI=1S/C12H18N2O3S2/c1-10(2)19(16,17)14-6-4-13(5-7-14)12(15)11-3-8-18-9-11/h3,8-10H,4-7H2,1-2H3. The highest BCUT2D eigenvalue weighted by molar-refractivity contribution is 7.89. The SMILES string of the molecule is CC(C)S(=O)(=O)N1CCN(C(=O)c2ccsc2)CC1. The minimum atomic E-state index is -3.21. The van der Waals surface area contributed by atoms with Crippen LogP contribution in [0.3, 0.4) is 0 Å². The fourth-order valence-corrected chi connectivity index (χ4v) is 3.91. The summed E-state index contributed by atoms with van der Waals surface area (Å²) in [4.78, 5) is 13.8. The van der Waals surface area contributed by atoms with Gasteiger partial charge in [0.2, 0.25) is 10.0 Å². The molecule has 1 fully saturated rings. The molecular weight excluding hydrogens is 284 g/mol. The third-order valence-corrected chi connectivity index (χ3v) is 6.21. The van der Waals surface area contributed by atoms with Gasteiger partial charge in [0.05, 0.1) is 10.8 Å². The van der Waals surface area contributed by atoms with E-state index in [1.165, 1.54) is 15.6 Å². The second-order valence-corrected chi connectivity index (χ2v) is 8.07. The molecule has 1 aliphatic heterocycles. The number of hydrogen-bond acceptors (Lipinski definition) is 4. The third-order valence-electron chi connectivity index (χ3n) is 3.25. The van der Waals surface area contributed by atoms with Gasteiger partial charge in [0.15, 0.2) is 0 Å². The highest BCUT2D eigenvalue weighted by Crippen LogP contribution is 2.15. The third kappa shape index (κ3) is 2.98. The fourth-order valence-electron chi connectivity index (χ4n) is 2.01. The van der Waals surface area contributed by atoms with Gasteiger partial charge in [-0.3, -0.25) is 4.79 Å². The van der Waals surface area contributed by atoms with Gasteiger partial charge in [-0.1, -0.05) is 0 Å². The second-order valence-electron chi connectivity index (χ2n) is 4.80. The molecule has 0 atom stereocenters. The normalized spacial score (nSPS) is 17.9. The Morgan fingerprint density at radius 2 is 1.89 bits per heavy atom. The molecule has 2 heterocycles. The Morgan fingerprint density at radius 3 is 2.37 bits per heavy atom. The summed E-state index contributed by atoms with van der Waals surface area (Å²) in [5, 5.41) is 3.28. The van der Waals surface area contributed by atoms with Gasteiger partial charge < -0.3 is 4.90 Å². The average Bonchev–Trinajstić information content (AvgIpc) is 2.91. The lowest BCUT2D eigenvalue weighted by atomic mass is 10.2. The van der Waals surface area contributed by atoms with Crippen LogP contribution in [0.15, 0.2) is 16.8 Å². The number of carbonyl (C=O) groups excluding carboxylic acids is 1. The quantitative estimate of drug-likeness (QED) is 0.844. The first-order valence-corrected chi connectivity index (χ1v) is 8.68. The molecule has 1 aliphatic rings. The molecule has 106 valence electrons. The molecular formula is C12H18N2O3S2. The van der Waals surface area contributed by atoms with Crippen LogP contribution in [0.25, 0.3) is 0 Å². The molecule has 0 spiro atoms. The molecule has 0 saturated carbocycles. The molecule has 1 aromatic rings. The van der Waals surface area contributed by atoms with Crippen LogP contribution < -0.4 is 0 Å². The van der Waals surface area contributed by atoms with Crippen LogP contribution in [0, 0.1) is 0 Å². The highest BCUT2D eigenvalue weighted by atomic mass is 32.2. The topological polar surface area (TPSA) is 57.7 Å². The Hall–Kier alpha value is -0.920. The van der Waals surface area contributed by atoms with Gasteiger partial charge in [-0.25, -0.2) is 8.42 Å². The van der Waals surface area contributed by atoms with E-state index in [-0.39, 0.29) is 5.91 Å². The number of thiophene rings is 1. The molecule has 1 aromatic heterocycles. The van der Waals surface area contributed by atoms with Crippen LogP contribution in [0.2, 0.25) is 0 Å². The Morgan fingerprint density at radius 1 is 1.26 bits per heavy atom. The lowest BCUT2D eigenvalue weighted by molar-refractivity contribution is 0.0698. The molecule has 0 aromatic carbocycles. The molecule has 7 heteroatoms. The molecule has 0 bridgehead atoms. The molecule has 2 rings (SSSR count). The van der Waals surface area contributed by atoms with Crippen molar-refractivity contribution in [3.8, 4) is 0 Å². The molecule has 0 unspecified atom stereocenters. The van der Waals surface area contributed by atoms with E-state index in [0.29, 0.717) is 31.7 Å². The van der Waals surface area contributed by atoms with Crippen molar-refractivity contribution in [2.45, 2.75) is 19.1 Å². The van der Waals surface area contributed by atoms with E-state index >= 15 is 0 Å². The summed E-state index contributed by atoms with van der Waals surface area (Å²) in [6.07, 6.45) is 0. The van der Waals surface area contributed by atoms with Crippen molar-refractivity contribution in [2.24, 2.45) is 0 Å². The Balaban J connectivity index is 1.98. The van der Waals surface area contributed by atoms with Gasteiger partial charge in [-0.2, -0.15) is 15.6 Å². The van der Waals surface area contributed by atoms with E-state index in [2.05, 4.69) is 0 Å². The van der Waals surface area contributed by atoms with E-state index < -0.39 is 15.3 Å². The number of sulfonamides is 1. The number of amides is 1. The van der Waals surface area contributed by atoms with E-state index in [0.717, 1.165) is 0 Å². The van der Waals surface area contributed by atoms with Gasteiger partial charge in [0.25, 0.3) is 5.91 Å². The van der Waals surface area contributed by atoms with Gasteiger partial charge in [0.1, 0.15) is 0 Å². The van der Waals surface area contributed by atoms with Crippen molar-refractivity contribution >= 4 is 27.3 Å². The molecule has 0 aliphatic carbocycles. The molecule has 5 nitrogen and oxygen atoms in total. The van der Waals surface area contributed by atoms with Crippen LogP contribution in [0.1, 0.15) is 24.2 Å². The summed E-state index contributed by atoms with van der Waals surface area (Å²) in [6, 6.07) is 1.80. The van der Waals surface area contributed by atoms with Gasteiger partial charge >= 0.3 is 0 Å². The van der Waals surface area contributed by atoms with Crippen molar-refractivity contribution in [3.63, 3.8) is 0 Å². The van der Waals surface area contributed by atoms with Gasteiger partial charge in [-0.15, -0.1) is 0 Å². The largest absolute Gasteiger partial charge is 0.336 e. The minimum absolute atomic E-state index is 0.0113. The molecule has 1 saturated heterocycles. The first kappa shape index (κ1) is 14.5. The lowest BCUT2D eigenvalue weighted by Crippen LogP contribution is -2.51. The van der Waals surface area contributed by atoms with E-state index in [1.54, 1.807) is 24.8 Å². The number of piperazine rings is 1. The Kier molecular flexibility index (Phi) is 4.27. The monoisotopic (exact) mass is 302 g/mol. The summed E-state index contributed by atoms with van der Waals surface area (Å²) in [6.45, 7) is 5.05. The molecule has 0 N–H and O–H groups in total. The Bertz CT molecular complexity index is 529. The van der Waals surface area contributed by atoms with E-state index in [4.69, 9.17) is 0 Å². The maximum absolute atomic E-state index is 12.1. The summed E-state index contributed by atoms with van der Waals surface area (Å²) in [7, 11) is -3.21. The van der Waals surface area contributed by atoms with Crippen molar-refractivity contribution in [1.82, 2.24) is 9.21 Å². The van der Waals surface area contributed by atoms with Crippen LogP contribution >= 0.6 is 11.3 Å². The highest BCUT2D eigenvalue weighted by Gasteiger charge is 2.31. The van der Waals surface area contributed by atoms with Crippen LogP contribution in [0.5, 0.6) is 0 Å². The minimum Gasteiger partial charge on any atom is -0.336 e. The van der Waals surface area contributed by atoms with Crippen molar-refractivity contribution < 1.29 is 13.2 Å². The first-order chi connectivity index (χ1) is 8.93. The number of nitrogens with zero attached hydrogens (tertiary/aromatic N) is 2. The van der Waals surface area contributed by atoms with Crippen LogP contribution in [-0.2, 0) is 10.0 Å². The van der Waals surface area contributed by atoms with E-state index in [1.807, 2.05) is 10.8 Å². The molecule has 0 radical (unpaired) electrons. The van der Waals surface area contributed by atoms with Gasteiger partial charge in [-0.05, 0) is 25.3 Å². The summed E-state index contributed by atoms with van der Waals surface area (Å²) < 4.78 is 25.5.